The third kappa shape index (κ3) is 8.59. The van der Waals surface area contributed by atoms with E-state index >= 15 is 0 Å². The Balaban J connectivity index is 0.00000324. The zero-order chi connectivity index (χ0) is 13.2. The van der Waals surface area contributed by atoms with E-state index in [4.69, 9.17) is 10.5 Å². The highest BCUT2D eigenvalue weighted by atomic mass is 35.5. The fourth-order valence-electron chi connectivity index (χ4n) is 1.52. The van der Waals surface area contributed by atoms with Crippen molar-refractivity contribution in [3.63, 3.8) is 0 Å². The van der Waals surface area contributed by atoms with E-state index in [1.54, 1.807) is 0 Å². The molecular weight excluding hydrogens is 264 g/mol. The number of carbonyl (C=O) groups excluding carboxylic acids is 1. The molecule has 19 heavy (non-hydrogen) atoms. The van der Waals surface area contributed by atoms with Gasteiger partial charge >= 0.3 is 0 Å². The predicted molar refractivity (Wildman–Crippen MR) is 79.2 cm³/mol. The summed E-state index contributed by atoms with van der Waals surface area (Å²) in [5, 5.41) is 2.83. The molecule has 3 N–H and O–H groups in total. The molecule has 4 nitrogen and oxygen atoms in total. The van der Waals surface area contributed by atoms with Gasteiger partial charge in [0, 0.05) is 19.5 Å². The van der Waals surface area contributed by atoms with Crippen LogP contribution in [-0.2, 0) is 16.1 Å². The van der Waals surface area contributed by atoms with Crippen molar-refractivity contribution in [3.8, 4) is 0 Å². The third-order valence-electron chi connectivity index (χ3n) is 2.53. The lowest BCUT2D eigenvalue weighted by Gasteiger charge is -2.13. The molecule has 1 aromatic carbocycles. The zero-order valence-corrected chi connectivity index (χ0v) is 12.1. The van der Waals surface area contributed by atoms with Gasteiger partial charge in [-0.05, 0) is 11.5 Å². The molecule has 108 valence electrons. The maximum atomic E-state index is 11.2. The van der Waals surface area contributed by atoms with Crippen LogP contribution in [0, 0.1) is 5.92 Å². The quantitative estimate of drug-likeness (QED) is 0.765. The summed E-state index contributed by atoms with van der Waals surface area (Å²) in [7, 11) is 0. The van der Waals surface area contributed by atoms with E-state index in [0.29, 0.717) is 38.6 Å². The lowest BCUT2D eigenvalue weighted by atomic mass is 10.2. The molecule has 0 saturated carbocycles. The molecule has 1 amide bonds. The summed E-state index contributed by atoms with van der Waals surface area (Å²) < 4.78 is 5.60. The van der Waals surface area contributed by atoms with Crippen LogP contribution in [0.5, 0.6) is 0 Å². The van der Waals surface area contributed by atoms with Crippen molar-refractivity contribution >= 4 is 18.3 Å². The number of hydrogen-bond acceptors (Lipinski definition) is 3. The fraction of sp³-hybridized carbons (Fsp3) is 0.500. The first kappa shape index (κ1) is 17.9. The Hall–Kier alpha value is -1.10. The molecule has 0 heterocycles. The average Bonchev–Trinajstić information content (AvgIpc) is 2.38. The number of ether oxygens (including phenoxy) is 1. The Morgan fingerprint density at radius 1 is 1.37 bits per heavy atom. The Kier molecular flexibility index (Phi) is 10.2. The van der Waals surface area contributed by atoms with Crippen molar-refractivity contribution < 1.29 is 9.53 Å². The lowest BCUT2D eigenvalue weighted by molar-refractivity contribution is -0.121. The van der Waals surface area contributed by atoms with Crippen LogP contribution in [0.4, 0.5) is 0 Å². The van der Waals surface area contributed by atoms with Gasteiger partial charge in [-0.25, -0.2) is 0 Å². The molecule has 0 saturated heterocycles. The number of nitrogens with one attached hydrogen (secondary N) is 1. The molecule has 0 aliphatic heterocycles. The highest BCUT2D eigenvalue weighted by Gasteiger charge is 2.05. The van der Waals surface area contributed by atoms with Crippen molar-refractivity contribution in [2.75, 3.05) is 19.7 Å². The van der Waals surface area contributed by atoms with Crippen molar-refractivity contribution in [3.05, 3.63) is 35.9 Å². The Labute approximate surface area is 121 Å². The number of carbonyl (C=O) groups is 1. The third-order valence-corrected chi connectivity index (χ3v) is 2.53. The van der Waals surface area contributed by atoms with Crippen LogP contribution in [-0.4, -0.2) is 25.6 Å². The molecule has 1 atom stereocenters. The van der Waals surface area contributed by atoms with Crippen LogP contribution in [0.15, 0.2) is 30.3 Å². The second-order valence-corrected chi connectivity index (χ2v) is 4.45. The van der Waals surface area contributed by atoms with Crippen LogP contribution < -0.4 is 11.1 Å². The van der Waals surface area contributed by atoms with E-state index in [9.17, 15) is 4.79 Å². The van der Waals surface area contributed by atoms with Crippen molar-refractivity contribution in [2.24, 2.45) is 11.7 Å². The molecule has 0 bridgehead atoms. The standard InChI is InChI=1S/C14H22N2O2.ClH/c1-12(9-16-14(17)7-8-15)10-18-11-13-5-3-2-4-6-13;/h2-6,12H,7-11,15H2,1H3,(H,16,17);1H. The lowest BCUT2D eigenvalue weighted by Crippen LogP contribution is -2.31. The van der Waals surface area contributed by atoms with Gasteiger partial charge in [0.15, 0.2) is 0 Å². The Morgan fingerprint density at radius 2 is 2.05 bits per heavy atom. The van der Waals surface area contributed by atoms with Gasteiger partial charge in [-0.1, -0.05) is 37.3 Å². The minimum absolute atomic E-state index is 0. The largest absolute Gasteiger partial charge is 0.376 e. The minimum Gasteiger partial charge on any atom is -0.376 e. The number of amides is 1. The molecule has 1 rings (SSSR count). The fourth-order valence-corrected chi connectivity index (χ4v) is 1.52. The van der Waals surface area contributed by atoms with Gasteiger partial charge in [0.2, 0.25) is 5.91 Å². The summed E-state index contributed by atoms with van der Waals surface area (Å²) in [6.07, 6.45) is 0.387. The predicted octanol–water partition coefficient (Wildman–Crippen LogP) is 1.73. The normalized spacial score (nSPS) is 11.5. The van der Waals surface area contributed by atoms with E-state index in [1.807, 2.05) is 37.3 Å². The molecule has 0 radical (unpaired) electrons. The summed E-state index contributed by atoms with van der Waals surface area (Å²) in [4.78, 5) is 11.2. The van der Waals surface area contributed by atoms with Gasteiger partial charge in [0.05, 0.1) is 13.2 Å². The van der Waals surface area contributed by atoms with Gasteiger partial charge in [-0.2, -0.15) is 0 Å². The summed E-state index contributed by atoms with van der Waals surface area (Å²) in [6, 6.07) is 10.0. The number of halogens is 1. The summed E-state index contributed by atoms with van der Waals surface area (Å²) in [6.45, 7) is 4.33. The van der Waals surface area contributed by atoms with Gasteiger partial charge in [0.1, 0.15) is 0 Å². The second-order valence-electron chi connectivity index (χ2n) is 4.45. The number of rotatable bonds is 8. The molecule has 0 aromatic heterocycles. The van der Waals surface area contributed by atoms with E-state index in [0.717, 1.165) is 5.56 Å². The van der Waals surface area contributed by atoms with Crippen molar-refractivity contribution in [1.82, 2.24) is 5.32 Å². The first-order chi connectivity index (χ1) is 8.72. The summed E-state index contributed by atoms with van der Waals surface area (Å²) in [5.41, 5.74) is 6.46. The van der Waals surface area contributed by atoms with Gasteiger partial charge in [0.25, 0.3) is 0 Å². The topological polar surface area (TPSA) is 64.4 Å². The average molecular weight is 287 g/mol. The van der Waals surface area contributed by atoms with Crippen LogP contribution in [0.1, 0.15) is 18.9 Å². The van der Waals surface area contributed by atoms with E-state index in [1.165, 1.54) is 0 Å². The zero-order valence-electron chi connectivity index (χ0n) is 11.3. The molecule has 1 unspecified atom stereocenters. The molecule has 5 heteroatoms. The summed E-state index contributed by atoms with van der Waals surface area (Å²) >= 11 is 0. The van der Waals surface area contributed by atoms with E-state index < -0.39 is 0 Å². The van der Waals surface area contributed by atoms with Crippen LogP contribution in [0.3, 0.4) is 0 Å². The van der Waals surface area contributed by atoms with E-state index in [2.05, 4.69) is 5.32 Å². The molecule has 0 aliphatic rings. The van der Waals surface area contributed by atoms with Crippen molar-refractivity contribution in [1.29, 1.82) is 0 Å². The molecule has 0 aliphatic carbocycles. The highest BCUT2D eigenvalue weighted by molar-refractivity contribution is 5.85. The first-order valence-corrected chi connectivity index (χ1v) is 6.30. The van der Waals surface area contributed by atoms with Crippen LogP contribution in [0.25, 0.3) is 0 Å². The summed E-state index contributed by atoms with van der Waals surface area (Å²) in [5.74, 6) is 0.308. The van der Waals surface area contributed by atoms with Gasteiger partial charge in [-0.3, -0.25) is 4.79 Å². The number of hydrogen-bond donors (Lipinski definition) is 2. The highest BCUT2D eigenvalue weighted by Crippen LogP contribution is 2.02. The molecule has 1 aromatic rings. The number of nitrogens with two attached hydrogens (primary N) is 1. The molecule has 0 spiro atoms. The molecular formula is C14H23ClN2O2. The van der Waals surface area contributed by atoms with Gasteiger partial charge in [-0.15, -0.1) is 12.4 Å². The van der Waals surface area contributed by atoms with Crippen LogP contribution in [0.2, 0.25) is 0 Å². The first-order valence-electron chi connectivity index (χ1n) is 6.30. The molecule has 0 fully saturated rings. The second kappa shape index (κ2) is 10.8. The van der Waals surface area contributed by atoms with E-state index in [-0.39, 0.29) is 18.3 Å². The number of benzene rings is 1. The smallest absolute Gasteiger partial charge is 0.221 e. The van der Waals surface area contributed by atoms with Gasteiger partial charge < -0.3 is 15.8 Å². The van der Waals surface area contributed by atoms with Crippen LogP contribution >= 0.6 is 12.4 Å². The maximum absolute atomic E-state index is 11.2. The SMILES string of the molecule is CC(CNC(=O)CCN)COCc1ccccc1.Cl. The Bertz CT molecular complexity index is 347. The minimum atomic E-state index is 0. The Morgan fingerprint density at radius 3 is 2.68 bits per heavy atom. The monoisotopic (exact) mass is 286 g/mol. The van der Waals surface area contributed by atoms with Crippen molar-refractivity contribution in [2.45, 2.75) is 20.0 Å². The maximum Gasteiger partial charge on any atom is 0.221 e.